The summed E-state index contributed by atoms with van der Waals surface area (Å²) in [7, 11) is -3.80. The molecule has 0 saturated carbocycles. The molecule has 5 nitrogen and oxygen atoms in total. The van der Waals surface area contributed by atoms with Gasteiger partial charge in [-0.05, 0) is 20.8 Å². The van der Waals surface area contributed by atoms with E-state index in [1.165, 1.54) is 6.92 Å². The molecular formula is C8H14Cl3O5P. The molecule has 17 heavy (non-hydrogen) atoms. The van der Waals surface area contributed by atoms with Gasteiger partial charge in [0.15, 0.2) is 10.1 Å². The van der Waals surface area contributed by atoms with Crippen molar-refractivity contribution in [3.8, 4) is 0 Å². The monoisotopic (exact) mass is 326 g/mol. The van der Waals surface area contributed by atoms with Crippen molar-refractivity contribution in [1.29, 1.82) is 0 Å². The Kier molecular flexibility index (Phi) is 8.64. The Hall–Kier alpha value is 0.360. The lowest BCUT2D eigenvalue weighted by Gasteiger charge is -2.19. The molecule has 1 atom stereocenters. The van der Waals surface area contributed by atoms with Gasteiger partial charge in [-0.1, -0.05) is 34.8 Å². The van der Waals surface area contributed by atoms with E-state index in [0.717, 1.165) is 0 Å². The van der Waals surface area contributed by atoms with E-state index in [2.05, 4.69) is 0 Å². The number of phosphoric acid groups is 1. The summed E-state index contributed by atoms with van der Waals surface area (Å²) in [6.07, 6.45) is 0. The molecular weight excluding hydrogens is 313 g/mol. The summed E-state index contributed by atoms with van der Waals surface area (Å²) in [6.45, 7) is 5.02. The fraction of sp³-hybridized carbons (Fsp3) is 0.750. The minimum absolute atomic E-state index is 0.126. The molecule has 0 N–H and O–H groups in total. The maximum absolute atomic E-state index is 12.0. The molecule has 0 rings (SSSR count). The summed E-state index contributed by atoms with van der Waals surface area (Å²) in [4.78, 5) is 0. The SMILES string of the molecule is CCOP(=O)(OCC)OC(OC(C)Cl)=C(Cl)Cl. The Balaban J connectivity index is 4.82. The van der Waals surface area contributed by atoms with Crippen molar-refractivity contribution in [2.24, 2.45) is 0 Å². The molecule has 0 aromatic carbocycles. The Morgan fingerprint density at radius 3 is 2.00 bits per heavy atom. The normalized spacial score (nSPS) is 13.1. The van der Waals surface area contributed by atoms with Crippen LogP contribution in [0.2, 0.25) is 0 Å². The summed E-state index contributed by atoms with van der Waals surface area (Å²) < 4.78 is 31.2. The van der Waals surface area contributed by atoms with Crippen molar-refractivity contribution in [2.75, 3.05) is 13.2 Å². The lowest BCUT2D eigenvalue weighted by Crippen LogP contribution is -2.06. The summed E-state index contributed by atoms with van der Waals surface area (Å²) >= 11 is 16.6. The van der Waals surface area contributed by atoms with Crippen LogP contribution in [-0.2, 0) is 22.9 Å². The maximum atomic E-state index is 12.0. The van der Waals surface area contributed by atoms with Gasteiger partial charge in [0.1, 0.15) is 0 Å². The Morgan fingerprint density at radius 2 is 1.71 bits per heavy atom. The van der Waals surface area contributed by atoms with Crippen molar-refractivity contribution < 1.29 is 22.9 Å². The van der Waals surface area contributed by atoms with Gasteiger partial charge >= 0.3 is 13.8 Å². The molecule has 0 aliphatic carbocycles. The number of alkyl halides is 1. The minimum atomic E-state index is -3.80. The highest BCUT2D eigenvalue weighted by atomic mass is 35.5. The van der Waals surface area contributed by atoms with Crippen LogP contribution in [0.1, 0.15) is 20.8 Å². The zero-order chi connectivity index (χ0) is 13.5. The highest BCUT2D eigenvalue weighted by molar-refractivity contribution is 7.48. The first kappa shape index (κ1) is 17.4. The van der Waals surface area contributed by atoms with E-state index >= 15 is 0 Å². The van der Waals surface area contributed by atoms with Crippen molar-refractivity contribution in [1.82, 2.24) is 0 Å². The summed E-state index contributed by atoms with van der Waals surface area (Å²) in [5.41, 5.74) is -0.769. The zero-order valence-electron chi connectivity index (χ0n) is 9.61. The molecule has 0 bridgehead atoms. The van der Waals surface area contributed by atoms with Gasteiger partial charge in [-0.2, -0.15) is 0 Å². The first-order valence-corrected chi connectivity index (χ1v) is 7.44. The molecule has 102 valence electrons. The molecule has 0 aromatic heterocycles. The van der Waals surface area contributed by atoms with E-state index in [9.17, 15) is 4.57 Å². The van der Waals surface area contributed by atoms with Crippen LogP contribution in [0.3, 0.4) is 0 Å². The molecule has 0 saturated heterocycles. The second kappa shape index (κ2) is 8.46. The van der Waals surface area contributed by atoms with Gasteiger partial charge < -0.3 is 9.26 Å². The number of hydrogen-bond acceptors (Lipinski definition) is 5. The van der Waals surface area contributed by atoms with E-state index in [1.54, 1.807) is 13.8 Å². The molecule has 0 fully saturated rings. The predicted octanol–water partition coefficient (Wildman–Crippen LogP) is 4.39. The van der Waals surface area contributed by atoms with Gasteiger partial charge in [0.05, 0.1) is 13.2 Å². The Morgan fingerprint density at radius 1 is 1.24 bits per heavy atom. The number of ether oxygens (including phenoxy) is 1. The Labute approximate surface area is 116 Å². The third kappa shape index (κ3) is 7.39. The van der Waals surface area contributed by atoms with Crippen LogP contribution in [0.5, 0.6) is 0 Å². The molecule has 0 radical (unpaired) electrons. The fourth-order valence-electron chi connectivity index (χ4n) is 0.756. The number of phosphoric ester groups is 1. The zero-order valence-corrected chi connectivity index (χ0v) is 12.8. The quantitative estimate of drug-likeness (QED) is 0.376. The fourth-order valence-corrected chi connectivity index (χ4v) is 2.26. The van der Waals surface area contributed by atoms with E-state index in [-0.39, 0.29) is 17.7 Å². The summed E-state index contributed by atoms with van der Waals surface area (Å²) in [5.74, 6) is -0.402. The van der Waals surface area contributed by atoms with Crippen LogP contribution < -0.4 is 0 Å². The molecule has 0 aliphatic heterocycles. The van der Waals surface area contributed by atoms with E-state index in [0.29, 0.717) is 0 Å². The van der Waals surface area contributed by atoms with Crippen molar-refractivity contribution in [3.63, 3.8) is 0 Å². The second-order valence-corrected chi connectivity index (χ2v) is 5.74. The summed E-state index contributed by atoms with van der Waals surface area (Å²) in [5, 5.41) is 0. The number of rotatable bonds is 8. The first-order valence-electron chi connectivity index (χ1n) is 4.79. The average Bonchev–Trinajstić information content (AvgIpc) is 2.16. The van der Waals surface area contributed by atoms with Crippen molar-refractivity contribution in [2.45, 2.75) is 26.3 Å². The highest BCUT2D eigenvalue weighted by Crippen LogP contribution is 2.52. The third-order valence-electron chi connectivity index (χ3n) is 1.19. The van der Waals surface area contributed by atoms with Gasteiger partial charge in [0, 0.05) is 0 Å². The molecule has 0 aromatic rings. The largest absolute Gasteiger partial charge is 0.532 e. The van der Waals surface area contributed by atoms with Crippen LogP contribution in [0, 0.1) is 0 Å². The average molecular weight is 328 g/mol. The minimum Gasteiger partial charge on any atom is -0.444 e. The standard InChI is InChI=1S/C8H14Cl3O5P/c1-4-13-17(12,14-5-2)16-8(7(10)11)15-6(3)9/h6H,4-5H2,1-3H3. The van der Waals surface area contributed by atoms with Gasteiger partial charge in [0.25, 0.3) is 0 Å². The lowest BCUT2D eigenvalue weighted by molar-refractivity contribution is 0.0542. The van der Waals surface area contributed by atoms with Gasteiger partial charge in [-0.25, -0.2) is 4.57 Å². The van der Waals surface area contributed by atoms with E-state index < -0.39 is 19.3 Å². The van der Waals surface area contributed by atoms with Crippen LogP contribution in [0.25, 0.3) is 0 Å². The topological polar surface area (TPSA) is 54.0 Å². The molecule has 0 amide bonds. The Bertz CT molecular complexity index is 294. The van der Waals surface area contributed by atoms with E-state index in [1.807, 2.05) is 0 Å². The van der Waals surface area contributed by atoms with E-state index in [4.69, 9.17) is 53.1 Å². The molecule has 0 aliphatic rings. The van der Waals surface area contributed by atoms with Crippen LogP contribution in [0.15, 0.2) is 10.4 Å². The van der Waals surface area contributed by atoms with Gasteiger partial charge in [-0.15, -0.1) is 0 Å². The maximum Gasteiger partial charge on any atom is 0.532 e. The number of hydrogen-bond donors (Lipinski definition) is 0. The van der Waals surface area contributed by atoms with Gasteiger partial charge in [-0.3, -0.25) is 9.05 Å². The smallest absolute Gasteiger partial charge is 0.444 e. The summed E-state index contributed by atoms with van der Waals surface area (Å²) in [6, 6.07) is 0. The lowest BCUT2D eigenvalue weighted by atomic mass is 10.8. The van der Waals surface area contributed by atoms with Crippen LogP contribution >= 0.6 is 42.6 Å². The molecule has 9 heteroatoms. The third-order valence-corrected chi connectivity index (χ3v) is 3.13. The van der Waals surface area contributed by atoms with Crippen molar-refractivity contribution >= 4 is 42.6 Å². The van der Waals surface area contributed by atoms with Crippen molar-refractivity contribution in [3.05, 3.63) is 10.4 Å². The van der Waals surface area contributed by atoms with Crippen LogP contribution in [0.4, 0.5) is 0 Å². The van der Waals surface area contributed by atoms with Crippen LogP contribution in [-0.4, -0.2) is 18.8 Å². The molecule has 0 heterocycles. The first-order chi connectivity index (χ1) is 7.84. The molecule has 0 spiro atoms. The van der Waals surface area contributed by atoms with Gasteiger partial charge in [0.2, 0.25) is 0 Å². The predicted molar refractivity (Wildman–Crippen MR) is 67.1 cm³/mol. The number of halogens is 3. The second-order valence-electron chi connectivity index (χ2n) is 2.58. The molecule has 1 unspecified atom stereocenters. The highest BCUT2D eigenvalue weighted by Gasteiger charge is 2.31.